The zero-order valence-corrected chi connectivity index (χ0v) is 14.2. The topological polar surface area (TPSA) is 87.1 Å². The average Bonchev–Trinajstić information content (AvgIpc) is 2.44. The fraction of sp³-hybridized carbons (Fsp3) is 0.765. The Kier molecular flexibility index (Phi) is 7.37. The van der Waals surface area contributed by atoms with Crippen LogP contribution in [0.2, 0.25) is 0 Å². The number of hydrogen-bond donors (Lipinski definition) is 2. The van der Waals surface area contributed by atoms with Gasteiger partial charge in [-0.2, -0.15) is 0 Å². The number of carbonyl (C=O) groups excluding carboxylic acids is 1. The highest BCUT2D eigenvalue weighted by Crippen LogP contribution is 2.24. The quantitative estimate of drug-likeness (QED) is 0.774. The standard InChI is InChI=1S/C17H27NO5/c1-17(2,3)23-16(22)18-11-9-13(10-12-18)5-4-6-14(19)7-8-15(20)21/h13-14,19H,4-6,9-12H2,1-3H3,(H,20,21). The second-order valence-corrected chi connectivity index (χ2v) is 6.93. The van der Waals surface area contributed by atoms with Gasteiger partial charge < -0.3 is 19.8 Å². The smallest absolute Gasteiger partial charge is 0.410 e. The molecule has 2 N–H and O–H groups in total. The van der Waals surface area contributed by atoms with Gasteiger partial charge >= 0.3 is 12.1 Å². The molecule has 1 unspecified atom stereocenters. The molecule has 1 fully saturated rings. The van der Waals surface area contributed by atoms with Crippen LogP contribution >= 0.6 is 0 Å². The summed E-state index contributed by atoms with van der Waals surface area (Å²) in [6.07, 6.45) is 2.95. The third-order valence-corrected chi connectivity index (χ3v) is 3.70. The number of aliphatic hydroxyl groups excluding tert-OH is 1. The molecule has 130 valence electrons. The van der Waals surface area contributed by atoms with E-state index in [0.717, 1.165) is 25.7 Å². The molecular weight excluding hydrogens is 298 g/mol. The molecule has 0 aromatic heterocycles. The lowest BCUT2D eigenvalue weighted by atomic mass is 9.91. The number of rotatable bonds is 4. The van der Waals surface area contributed by atoms with Gasteiger partial charge in [0.25, 0.3) is 0 Å². The summed E-state index contributed by atoms with van der Waals surface area (Å²) >= 11 is 0. The summed E-state index contributed by atoms with van der Waals surface area (Å²) in [6.45, 7) is 6.96. The van der Waals surface area contributed by atoms with Crippen LogP contribution in [-0.2, 0) is 9.53 Å². The number of nitrogens with zero attached hydrogens (tertiary/aromatic N) is 1. The first-order valence-electron chi connectivity index (χ1n) is 8.08. The SMILES string of the molecule is CC(C)(C)OC(=O)N1CCC(CCCC(O)C#CC(=O)O)CC1. The van der Waals surface area contributed by atoms with Crippen molar-refractivity contribution in [2.24, 2.45) is 5.92 Å². The molecular formula is C17H27NO5. The molecule has 0 radical (unpaired) electrons. The summed E-state index contributed by atoms with van der Waals surface area (Å²) in [5.74, 6) is 3.53. The molecule has 6 nitrogen and oxygen atoms in total. The lowest BCUT2D eigenvalue weighted by Crippen LogP contribution is -2.41. The van der Waals surface area contributed by atoms with E-state index >= 15 is 0 Å². The van der Waals surface area contributed by atoms with Crippen molar-refractivity contribution in [3.63, 3.8) is 0 Å². The summed E-state index contributed by atoms with van der Waals surface area (Å²) in [6, 6.07) is 0. The van der Waals surface area contributed by atoms with Gasteiger partial charge in [-0.25, -0.2) is 9.59 Å². The zero-order valence-electron chi connectivity index (χ0n) is 14.2. The Morgan fingerprint density at radius 1 is 1.30 bits per heavy atom. The molecule has 1 aliphatic rings. The largest absolute Gasteiger partial charge is 0.472 e. The fourth-order valence-corrected chi connectivity index (χ4v) is 2.55. The number of carboxylic acids is 1. The van der Waals surface area contributed by atoms with Gasteiger partial charge in [0.15, 0.2) is 0 Å². The van der Waals surface area contributed by atoms with Crippen molar-refractivity contribution in [3.05, 3.63) is 0 Å². The molecule has 1 saturated heterocycles. The molecule has 1 rings (SSSR count). The third-order valence-electron chi connectivity index (χ3n) is 3.70. The van der Waals surface area contributed by atoms with Crippen molar-refractivity contribution in [2.75, 3.05) is 13.1 Å². The van der Waals surface area contributed by atoms with E-state index in [9.17, 15) is 14.7 Å². The van der Waals surface area contributed by atoms with Crippen molar-refractivity contribution in [1.82, 2.24) is 4.90 Å². The highest BCUT2D eigenvalue weighted by Gasteiger charge is 2.26. The van der Waals surface area contributed by atoms with E-state index in [1.165, 1.54) is 0 Å². The van der Waals surface area contributed by atoms with Crippen molar-refractivity contribution in [1.29, 1.82) is 0 Å². The fourth-order valence-electron chi connectivity index (χ4n) is 2.55. The van der Waals surface area contributed by atoms with Gasteiger partial charge in [0.1, 0.15) is 11.7 Å². The van der Waals surface area contributed by atoms with E-state index in [0.29, 0.717) is 25.4 Å². The summed E-state index contributed by atoms with van der Waals surface area (Å²) < 4.78 is 5.36. The van der Waals surface area contributed by atoms with Crippen molar-refractivity contribution in [2.45, 2.75) is 64.6 Å². The predicted molar refractivity (Wildman–Crippen MR) is 85.8 cm³/mol. The van der Waals surface area contributed by atoms with Gasteiger partial charge in [-0.3, -0.25) is 0 Å². The van der Waals surface area contributed by atoms with E-state index < -0.39 is 17.7 Å². The Hall–Kier alpha value is -1.74. The normalized spacial score (nSPS) is 17.1. The molecule has 1 atom stereocenters. The minimum atomic E-state index is -1.22. The second kappa shape index (κ2) is 8.78. The van der Waals surface area contributed by atoms with Crippen molar-refractivity contribution in [3.8, 4) is 11.8 Å². The van der Waals surface area contributed by atoms with Crippen LogP contribution in [0.15, 0.2) is 0 Å². The minimum absolute atomic E-state index is 0.254. The Bertz CT molecular complexity index is 464. The third kappa shape index (κ3) is 8.46. The van der Waals surface area contributed by atoms with Gasteiger partial charge in [0.05, 0.1) is 0 Å². The molecule has 6 heteroatoms. The Labute approximate surface area is 137 Å². The van der Waals surface area contributed by atoms with Crippen LogP contribution in [-0.4, -0.2) is 52.0 Å². The van der Waals surface area contributed by atoms with Crippen LogP contribution in [0.4, 0.5) is 4.79 Å². The number of piperidine rings is 1. The lowest BCUT2D eigenvalue weighted by molar-refractivity contribution is -0.130. The number of ether oxygens (including phenoxy) is 1. The van der Waals surface area contributed by atoms with Crippen LogP contribution in [0.1, 0.15) is 52.9 Å². The monoisotopic (exact) mass is 325 g/mol. The second-order valence-electron chi connectivity index (χ2n) is 6.93. The lowest BCUT2D eigenvalue weighted by Gasteiger charge is -2.33. The van der Waals surface area contributed by atoms with Gasteiger partial charge in [-0.05, 0) is 52.4 Å². The Balaban J connectivity index is 2.23. The molecule has 1 amide bonds. The first-order valence-corrected chi connectivity index (χ1v) is 8.08. The van der Waals surface area contributed by atoms with E-state index in [4.69, 9.17) is 9.84 Å². The number of amides is 1. The van der Waals surface area contributed by atoms with Crippen LogP contribution in [0, 0.1) is 17.8 Å². The number of hydrogen-bond acceptors (Lipinski definition) is 4. The summed E-state index contributed by atoms with van der Waals surface area (Å²) in [7, 11) is 0. The molecule has 1 heterocycles. The molecule has 0 spiro atoms. The predicted octanol–water partition coefficient (Wildman–Crippen LogP) is 2.25. The summed E-state index contributed by atoms with van der Waals surface area (Å²) in [5.41, 5.74) is -0.471. The molecule has 0 aromatic carbocycles. The number of aliphatic hydroxyl groups is 1. The van der Waals surface area contributed by atoms with Crippen molar-refractivity contribution >= 4 is 12.1 Å². The number of carboxylic acid groups (broad SMARTS) is 1. The maximum atomic E-state index is 12.0. The molecule has 0 aliphatic carbocycles. The molecule has 1 aliphatic heterocycles. The number of carbonyl (C=O) groups is 2. The number of likely N-dealkylation sites (tertiary alicyclic amines) is 1. The summed E-state index contributed by atoms with van der Waals surface area (Å²) in [5, 5.41) is 17.9. The van der Waals surface area contributed by atoms with Crippen molar-refractivity contribution < 1.29 is 24.5 Å². The van der Waals surface area contributed by atoms with E-state index in [1.807, 2.05) is 26.7 Å². The summed E-state index contributed by atoms with van der Waals surface area (Å²) in [4.78, 5) is 24.0. The zero-order chi connectivity index (χ0) is 17.5. The average molecular weight is 325 g/mol. The molecule has 0 aromatic rings. The van der Waals surface area contributed by atoms with Gasteiger partial charge in [-0.1, -0.05) is 12.3 Å². The first kappa shape index (κ1) is 19.3. The maximum Gasteiger partial charge on any atom is 0.410 e. The maximum absolute atomic E-state index is 12.0. The Morgan fingerprint density at radius 2 is 1.91 bits per heavy atom. The molecule has 0 saturated carbocycles. The van der Waals surface area contributed by atoms with E-state index in [-0.39, 0.29) is 6.09 Å². The van der Waals surface area contributed by atoms with Gasteiger partial charge in [0.2, 0.25) is 0 Å². The minimum Gasteiger partial charge on any atom is -0.472 e. The molecule has 0 bridgehead atoms. The molecule has 23 heavy (non-hydrogen) atoms. The van der Waals surface area contributed by atoms with Crippen LogP contribution in [0.25, 0.3) is 0 Å². The number of aliphatic carboxylic acids is 1. The Morgan fingerprint density at radius 3 is 2.43 bits per heavy atom. The first-order chi connectivity index (χ1) is 10.7. The van der Waals surface area contributed by atoms with Gasteiger partial charge in [-0.15, -0.1) is 0 Å². The highest BCUT2D eigenvalue weighted by atomic mass is 16.6. The van der Waals surface area contributed by atoms with Crippen LogP contribution in [0.5, 0.6) is 0 Å². The van der Waals surface area contributed by atoms with Gasteiger partial charge in [0, 0.05) is 19.0 Å². The van der Waals surface area contributed by atoms with E-state index in [2.05, 4.69) is 5.92 Å². The van der Waals surface area contributed by atoms with Crippen LogP contribution in [0.3, 0.4) is 0 Å². The van der Waals surface area contributed by atoms with Crippen LogP contribution < -0.4 is 0 Å². The van der Waals surface area contributed by atoms with E-state index in [1.54, 1.807) is 4.90 Å². The highest BCUT2D eigenvalue weighted by molar-refractivity contribution is 5.86.